The van der Waals surface area contributed by atoms with Crippen molar-refractivity contribution in [1.82, 2.24) is 4.90 Å². The van der Waals surface area contributed by atoms with Gasteiger partial charge in [0.15, 0.2) is 16.4 Å². The molecule has 0 unspecified atom stereocenters. The molecule has 0 aliphatic carbocycles. The molecule has 1 aliphatic heterocycles. The Labute approximate surface area is 190 Å². The van der Waals surface area contributed by atoms with Crippen molar-refractivity contribution in [2.45, 2.75) is 71.9 Å². The van der Waals surface area contributed by atoms with Gasteiger partial charge in [0.25, 0.3) is 5.91 Å². The van der Waals surface area contributed by atoms with Gasteiger partial charge in [0, 0.05) is 23.0 Å². The molecule has 8 heteroatoms. The van der Waals surface area contributed by atoms with E-state index in [4.69, 9.17) is 9.15 Å². The zero-order valence-electron chi connectivity index (χ0n) is 19.5. The maximum Gasteiger partial charge on any atom is 0.310 e. The highest BCUT2D eigenvalue weighted by molar-refractivity contribution is 7.91. The van der Waals surface area contributed by atoms with Gasteiger partial charge in [0.05, 0.1) is 24.2 Å². The molecule has 0 spiro atoms. The lowest BCUT2D eigenvalue weighted by molar-refractivity contribution is -0.153. The van der Waals surface area contributed by atoms with E-state index >= 15 is 0 Å². The van der Waals surface area contributed by atoms with E-state index < -0.39 is 22.4 Å². The predicted octanol–water partition coefficient (Wildman–Crippen LogP) is 3.76. The number of benzene rings is 1. The number of carbonyl (C=O) groups is 2. The standard InChI is InChI=1S/C24H33NO6S/c1-6-17(5)25(19-7-8-32(28,29)14-19)23(26)13-31-24(27)10-18-12-30-22-9-16(4)20(15(2)3)11-21(18)22/h9,11-12,15,17,19H,6-8,10,13-14H2,1-5H3/t17-,19-/m1/s1. The molecule has 2 heterocycles. The molecule has 0 saturated carbocycles. The number of aryl methyl sites for hydroxylation is 1. The molecule has 1 saturated heterocycles. The SMILES string of the molecule is CC[C@@H](C)N(C(=O)COC(=O)Cc1coc2cc(C)c(C(C)C)cc12)[C@@H]1CCS(=O)(=O)C1. The molecule has 1 aromatic carbocycles. The van der Waals surface area contributed by atoms with Gasteiger partial charge in [-0.15, -0.1) is 0 Å². The second-order valence-corrected chi connectivity index (χ2v) is 11.3. The largest absolute Gasteiger partial charge is 0.464 e. The topological polar surface area (TPSA) is 93.9 Å². The minimum Gasteiger partial charge on any atom is -0.464 e. The first-order chi connectivity index (χ1) is 15.0. The van der Waals surface area contributed by atoms with Gasteiger partial charge in [-0.2, -0.15) is 0 Å². The summed E-state index contributed by atoms with van der Waals surface area (Å²) in [6, 6.07) is 3.53. The number of nitrogens with zero attached hydrogens (tertiary/aromatic N) is 1. The number of sulfone groups is 1. The summed E-state index contributed by atoms with van der Waals surface area (Å²) in [6.07, 6.45) is 2.67. The van der Waals surface area contributed by atoms with E-state index in [2.05, 4.69) is 19.9 Å². The Balaban J connectivity index is 1.67. The molecule has 1 aromatic heterocycles. The van der Waals surface area contributed by atoms with Crippen molar-refractivity contribution in [3.63, 3.8) is 0 Å². The molecule has 1 aliphatic rings. The van der Waals surface area contributed by atoms with E-state index in [0.717, 1.165) is 22.1 Å². The molecule has 32 heavy (non-hydrogen) atoms. The first-order valence-electron chi connectivity index (χ1n) is 11.2. The fraction of sp³-hybridized carbons (Fsp3) is 0.583. The van der Waals surface area contributed by atoms with E-state index in [1.54, 1.807) is 11.2 Å². The van der Waals surface area contributed by atoms with Crippen LogP contribution in [0.4, 0.5) is 0 Å². The lowest BCUT2D eigenvalue weighted by atomic mass is 9.95. The maximum absolute atomic E-state index is 12.9. The third-order valence-electron chi connectivity index (χ3n) is 6.31. The molecule has 7 nitrogen and oxygen atoms in total. The Kier molecular flexibility index (Phi) is 7.32. The number of rotatable bonds is 8. The highest BCUT2D eigenvalue weighted by Gasteiger charge is 2.36. The van der Waals surface area contributed by atoms with Crippen LogP contribution < -0.4 is 0 Å². The van der Waals surface area contributed by atoms with E-state index in [-0.39, 0.29) is 35.9 Å². The van der Waals surface area contributed by atoms with Crippen LogP contribution in [0.5, 0.6) is 0 Å². The van der Waals surface area contributed by atoms with Gasteiger partial charge >= 0.3 is 5.97 Å². The summed E-state index contributed by atoms with van der Waals surface area (Å²) < 4.78 is 34.7. The molecule has 1 amide bonds. The van der Waals surface area contributed by atoms with Crippen LogP contribution in [-0.4, -0.2) is 55.4 Å². The number of carbonyl (C=O) groups excluding carboxylic acids is 2. The highest BCUT2D eigenvalue weighted by atomic mass is 32.2. The summed E-state index contributed by atoms with van der Waals surface area (Å²) in [4.78, 5) is 26.9. The average molecular weight is 464 g/mol. The number of esters is 1. The van der Waals surface area contributed by atoms with Crippen molar-refractivity contribution < 1.29 is 27.2 Å². The van der Waals surface area contributed by atoms with Crippen LogP contribution in [0.1, 0.15) is 63.1 Å². The Morgan fingerprint density at radius 1 is 1.25 bits per heavy atom. The summed E-state index contributed by atoms with van der Waals surface area (Å²) in [5.74, 6) is -0.475. The monoisotopic (exact) mass is 463 g/mol. The van der Waals surface area contributed by atoms with Gasteiger partial charge < -0.3 is 14.1 Å². The lowest BCUT2D eigenvalue weighted by Gasteiger charge is -2.33. The minimum atomic E-state index is -3.13. The van der Waals surface area contributed by atoms with Crippen molar-refractivity contribution in [2.75, 3.05) is 18.1 Å². The van der Waals surface area contributed by atoms with Crippen LogP contribution in [-0.2, 0) is 30.6 Å². The summed E-state index contributed by atoms with van der Waals surface area (Å²) >= 11 is 0. The summed E-state index contributed by atoms with van der Waals surface area (Å²) in [5.41, 5.74) is 3.77. The molecule has 2 aromatic rings. The second-order valence-electron chi connectivity index (χ2n) is 9.07. The van der Waals surface area contributed by atoms with Gasteiger partial charge in [-0.05, 0) is 55.9 Å². The molecule has 3 rings (SSSR count). The normalized spacial score (nSPS) is 18.8. The first-order valence-corrected chi connectivity index (χ1v) is 13.0. The van der Waals surface area contributed by atoms with Crippen LogP contribution in [0.25, 0.3) is 11.0 Å². The summed E-state index contributed by atoms with van der Waals surface area (Å²) in [6.45, 7) is 9.70. The van der Waals surface area contributed by atoms with Crippen molar-refractivity contribution in [3.8, 4) is 0 Å². The second kappa shape index (κ2) is 9.65. The van der Waals surface area contributed by atoms with Gasteiger partial charge in [0.1, 0.15) is 5.58 Å². The van der Waals surface area contributed by atoms with Crippen molar-refractivity contribution >= 4 is 32.7 Å². The van der Waals surface area contributed by atoms with Crippen molar-refractivity contribution in [3.05, 3.63) is 35.1 Å². The van der Waals surface area contributed by atoms with Crippen LogP contribution >= 0.6 is 0 Å². The third-order valence-corrected chi connectivity index (χ3v) is 8.06. The average Bonchev–Trinajstić information content (AvgIpc) is 3.27. The number of hydrogen-bond acceptors (Lipinski definition) is 6. The summed E-state index contributed by atoms with van der Waals surface area (Å²) in [7, 11) is -3.13. The van der Waals surface area contributed by atoms with E-state index in [0.29, 0.717) is 18.8 Å². The fourth-order valence-electron chi connectivity index (χ4n) is 4.43. The quantitative estimate of drug-likeness (QED) is 0.553. The number of furan rings is 1. The summed E-state index contributed by atoms with van der Waals surface area (Å²) in [5, 5.41) is 0.875. The molecule has 176 valence electrons. The van der Waals surface area contributed by atoms with Gasteiger partial charge in [-0.3, -0.25) is 9.59 Å². The van der Waals surface area contributed by atoms with E-state index in [9.17, 15) is 18.0 Å². The first kappa shape index (κ1) is 24.3. The zero-order chi connectivity index (χ0) is 23.6. The molecule has 0 radical (unpaired) electrons. The van der Waals surface area contributed by atoms with Crippen LogP contribution in [0.2, 0.25) is 0 Å². The predicted molar refractivity (Wildman–Crippen MR) is 123 cm³/mol. The number of ether oxygens (including phenoxy) is 1. The van der Waals surface area contributed by atoms with E-state index in [1.165, 1.54) is 5.56 Å². The van der Waals surface area contributed by atoms with Gasteiger partial charge in [-0.1, -0.05) is 20.8 Å². The molecular weight excluding hydrogens is 430 g/mol. The number of amides is 1. The zero-order valence-corrected chi connectivity index (χ0v) is 20.3. The van der Waals surface area contributed by atoms with Gasteiger partial charge in [0.2, 0.25) is 0 Å². The lowest BCUT2D eigenvalue weighted by Crippen LogP contribution is -2.48. The van der Waals surface area contributed by atoms with Gasteiger partial charge in [-0.25, -0.2) is 8.42 Å². The number of hydrogen-bond donors (Lipinski definition) is 0. The Morgan fingerprint density at radius 3 is 2.56 bits per heavy atom. The highest BCUT2D eigenvalue weighted by Crippen LogP contribution is 2.29. The van der Waals surface area contributed by atoms with Crippen molar-refractivity contribution in [2.24, 2.45) is 0 Å². The fourth-order valence-corrected chi connectivity index (χ4v) is 6.14. The molecule has 0 bridgehead atoms. The molecule has 2 atom stereocenters. The minimum absolute atomic E-state index is 0.00200. The Hall–Kier alpha value is -2.35. The van der Waals surface area contributed by atoms with Crippen LogP contribution in [0.3, 0.4) is 0 Å². The third kappa shape index (κ3) is 5.34. The number of fused-ring (bicyclic) bond motifs is 1. The molecule has 1 fully saturated rings. The van der Waals surface area contributed by atoms with Crippen LogP contribution in [0, 0.1) is 6.92 Å². The smallest absolute Gasteiger partial charge is 0.310 e. The van der Waals surface area contributed by atoms with Crippen molar-refractivity contribution in [1.29, 1.82) is 0 Å². The van der Waals surface area contributed by atoms with Crippen LogP contribution in [0.15, 0.2) is 22.8 Å². The Bertz CT molecular complexity index is 1100. The van der Waals surface area contributed by atoms with E-state index in [1.807, 2.05) is 26.8 Å². The molecular formula is C24H33NO6S. The molecule has 0 N–H and O–H groups in total. The Morgan fingerprint density at radius 2 is 1.97 bits per heavy atom. The maximum atomic E-state index is 12.9.